The Morgan fingerprint density at radius 2 is 1.89 bits per heavy atom. The van der Waals surface area contributed by atoms with Crippen molar-refractivity contribution in [3.8, 4) is 11.6 Å². The predicted octanol–water partition coefficient (Wildman–Crippen LogP) is 3.45. The van der Waals surface area contributed by atoms with Crippen molar-refractivity contribution >= 4 is 22.8 Å². The first-order valence-electron chi connectivity index (χ1n) is 11.7. The number of fused-ring (bicyclic) bond motifs is 2. The molecule has 1 aliphatic rings. The summed E-state index contributed by atoms with van der Waals surface area (Å²) in [7, 11) is 0. The minimum absolute atomic E-state index is 0.0300. The lowest BCUT2D eigenvalue weighted by Crippen LogP contribution is -2.39. The van der Waals surface area contributed by atoms with Crippen LogP contribution in [0.5, 0.6) is 11.6 Å². The van der Waals surface area contributed by atoms with Crippen molar-refractivity contribution in [1.29, 1.82) is 0 Å². The number of carbonyl (C=O) groups is 2. The van der Waals surface area contributed by atoms with Crippen LogP contribution in [0.4, 0.5) is 8.78 Å². The molecule has 0 saturated heterocycles. The van der Waals surface area contributed by atoms with E-state index in [2.05, 4.69) is 10.4 Å². The third kappa shape index (κ3) is 4.81. The number of hydrogen-bond donors (Lipinski definition) is 2. The molecular weight excluding hydrogens is 472 g/mol. The van der Waals surface area contributed by atoms with Gasteiger partial charge < -0.3 is 24.9 Å². The maximum absolute atomic E-state index is 12.9. The van der Waals surface area contributed by atoms with Gasteiger partial charge in [-0.05, 0) is 56.0 Å². The maximum Gasteiger partial charge on any atom is 0.272 e. The van der Waals surface area contributed by atoms with Gasteiger partial charge in [0.2, 0.25) is 5.88 Å². The van der Waals surface area contributed by atoms with Gasteiger partial charge in [-0.15, -0.1) is 5.10 Å². The molecule has 9 nitrogen and oxygen atoms in total. The number of amides is 2. The van der Waals surface area contributed by atoms with Crippen LogP contribution in [0.25, 0.3) is 11.0 Å². The number of pyridine rings is 2. The second-order valence-electron chi connectivity index (χ2n) is 8.73. The quantitative estimate of drug-likeness (QED) is 0.387. The molecule has 0 bridgehead atoms. The summed E-state index contributed by atoms with van der Waals surface area (Å²) in [6.07, 6.45) is 5.03. The lowest BCUT2D eigenvalue weighted by atomic mass is 9.92. The smallest absolute Gasteiger partial charge is 0.272 e. The Morgan fingerprint density at radius 1 is 1.08 bits per heavy atom. The molecule has 0 aliphatic heterocycles. The molecule has 4 aromatic heterocycles. The molecule has 1 fully saturated rings. The number of nitrogens with zero attached hydrogens (tertiary/aromatic N) is 3. The summed E-state index contributed by atoms with van der Waals surface area (Å²) >= 11 is 0. The number of rotatable bonds is 8. The van der Waals surface area contributed by atoms with Crippen LogP contribution in [0.15, 0.2) is 55.0 Å². The van der Waals surface area contributed by atoms with Crippen LogP contribution in [0.1, 0.15) is 46.4 Å². The van der Waals surface area contributed by atoms with E-state index in [4.69, 9.17) is 15.2 Å². The minimum atomic E-state index is -2.56. The fraction of sp³-hybridized carbons (Fsp3) is 0.320. The van der Waals surface area contributed by atoms with Crippen LogP contribution < -0.4 is 20.5 Å². The van der Waals surface area contributed by atoms with Crippen LogP contribution in [0.3, 0.4) is 0 Å². The Balaban J connectivity index is 1.19. The number of halogens is 2. The first kappa shape index (κ1) is 23.6. The molecule has 0 unspecified atom stereocenters. The van der Waals surface area contributed by atoms with Gasteiger partial charge in [0.1, 0.15) is 24.0 Å². The Labute approximate surface area is 204 Å². The average molecular weight is 498 g/mol. The van der Waals surface area contributed by atoms with Crippen LogP contribution in [0.2, 0.25) is 0 Å². The van der Waals surface area contributed by atoms with Crippen molar-refractivity contribution < 1.29 is 27.8 Å². The lowest BCUT2D eigenvalue weighted by Gasteiger charge is -2.29. The highest BCUT2D eigenvalue weighted by Crippen LogP contribution is 2.28. The zero-order valence-electron chi connectivity index (χ0n) is 19.3. The number of alkyl halides is 2. The number of nitrogens with one attached hydrogen (secondary N) is 1. The van der Waals surface area contributed by atoms with Crippen molar-refractivity contribution in [3.05, 3.63) is 66.1 Å². The zero-order valence-corrected chi connectivity index (χ0v) is 19.3. The highest BCUT2D eigenvalue weighted by atomic mass is 19.3. The number of primary amides is 1. The summed E-state index contributed by atoms with van der Waals surface area (Å²) < 4.78 is 39.1. The van der Waals surface area contributed by atoms with Gasteiger partial charge in [-0.2, -0.15) is 0 Å². The van der Waals surface area contributed by atoms with E-state index in [9.17, 15) is 18.4 Å². The molecule has 1 aliphatic carbocycles. The van der Waals surface area contributed by atoms with Gasteiger partial charge in [0.15, 0.2) is 0 Å². The predicted molar refractivity (Wildman–Crippen MR) is 127 cm³/mol. The largest absolute Gasteiger partial charge is 0.486 e. The average Bonchev–Trinajstić information content (AvgIpc) is 3.44. The molecule has 0 radical (unpaired) electrons. The number of ether oxygens (including phenoxy) is 2. The van der Waals surface area contributed by atoms with Crippen molar-refractivity contribution in [3.63, 3.8) is 0 Å². The van der Waals surface area contributed by atoms with E-state index in [1.54, 1.807) is 63.9 Å². The van der Waals surface area contributed by atoms with Crippen molar-refractivity contribution in [2.24, 2.45) is 5.73 Å². The Morgan fingerprint density at radius 3 is 2.64 bits per heavy atom. The molecule has 4 heterocycles. The number of nitrogens with two attached hydrogens (primary N) is 1. The molecule has 11 heteroatoms. The van der Waals surface area contributed by atoms with Crippen LogP contribution in [0, 0.1) is 0 Å². The summed E-state index contributed by atoms with van der Waals surface area (Å²) in [4.78, 5) is 24.9. The molecular formula is C25H25F2N5O4. The molecule has 4 aromatic rings. The third-order valence-electron chi connectivity index (χ3n) is 6.29. The van der Waals surface area contributed by atoms with Gasteiger partial charge >= 0.3 is 0 Å². The molecule has 3 N–H and O–H groups in total. The molecule has 0 atom stereocenters. The van der Waals surface area contributed by atoms with Gasteiger partial charge in [0, 0.05) is 18.4 Å². The lowest BCUT2D eigenvalue weighted by molar-refractivity contribution is 0.0817. The van der Waals surface area contributed by atoms with E-state index in [0.717, 1.165) is 0 Å². The fourth-order valence-corrected chi connectivity index (χ4v) is 4.56. The molecule has 1 saturated carbocycles. The maximum atomic E-state index is 12.9. The molecule has 2 amide bonds. The number of hydrogen-bond acceptors (Lipinski definition) is 5. The van der Waals surface area contributed by atoms with E-state index < -0.39 is 18.9 Å². The fourth-order valence-electron chi connectivity index (χ4n) is 4.56. The second kappa shape index (κ2) is 9.84. The van der Waals surface area contributed by atoms with Crippen LogP contribution >= 0.6 is 0 Å². The van der Waals surface area contributed by atoms with Crippen LogP contribution in [-0.4, -0.2) is 51.0 Å². The van der Waals surface area contributed by atoms with Gasteiger partial charge in [-0.1, -0.05) is 6.07 Å². The minimum Gasteiger partial charge on any atom is -0.486 e. The Bertz CT molecular complexity index is 1410. The Kier molecular flexibility index (Phi) is 6.45. The molecule has 5 rings (SSSR count). The highest BCUT2D eigenvalue weighted by Gasteiger charge is 2.27. The van der Waals surface area contributed by atoms with Crippen molar-refractivity contribution in [2.45, 2.75) is 44.3 Å². The first-order chi connectivity index (χ1) is 17.4. The van der Waals surface area contributed by atoms with Gasteiger partial charge in [-0.3, -0.25) is 9.59 Å². The summed E-state index contributed by atoms with van der Waals surface area (Å²) in [6, 6.07) is 10.3. The van der Waals surface area contributed by atoms with E-state index in [1.165, 1.54) is 0 Å². The number of aromatic nitrogens is 3. The Hall–Kier alpha value is -4.15. The molecule has 36 heavy (non-hydrogen) atoms. The van der Waals surface area contributed by atoms with E-state index >= 15 is 0 Å². The normalized spacial score (nSPS) is 18.0. The third-order valence-corrected chi connectivity index (χ3v) is 6.29. The topological polar surface area (TPSA) is 112 Å². The first-order valence-corrected chi connectivity index (χ1v) is 11.7. The van der Waals surface area contributed by atoms with Crippen LogP contribution in [-0.2, 0) is 0 Å². The number of carbonyl (C=O) groups excluding carboxylic acids is 2. The van der Waals surface area contributed by atoms with Gasteiger partial charge in [0.25, 0.3) is 18.2 Å². The summed E-state index contributed by atoms with van der Waals surface area (Å²) in [6.45, 7) is -0.687. The molecule has 0 aromatic carbocycles. The standard InChI is InChI=1S/C25H25F2N5O4/c26-21(27)14-35-17-8-9-19-18(10-12-31(19)13-17)24(34)29-15-4-6-16(7-5-15)36-25-22(23(28)33)20-3-1-2-11-32(20)30-25/h1-3,8-13,15-16,21H,4-7,14H2,(H2,28,33)(H,29,34)/t15-,16-. The highest BCUT2D eigenvalue weighted by molar-refractivity contribution is 6.02. The monoisotopic (exact) mass is 497 g/mol. The zero-order chi connectivity index (χ0) is 25.2. The van der Waals surface area contributed by atoms with E-state index in [1.807, 2.05) is 0 Å². The van der Waals surface area contributed by atoms with Gasteiger partial charge in [-0.25, -0.2) is 13.3 Å². The molecule has 0 spiro atoms. The SMILES string of the molecule is NC(=O)c1c(O[C@H]2CC[C@H](NC(=O)c3ccn4cc(OCC(F)F)ccc34)CC2)nn2ccccc12. The second-order valence-corrected chi connectivity index (χ2v) is 8.73. The van der Waals surface area contributed by atoms with E-state index in [0.29, 0.717) is 48.0 Å². The van der Waals surface area contributed by atoms with Gasteiger partial charge in [0.05, 0.1) is 22.8 Å². The summed E-state index contributed by atoms with van der Waals surface area (Å²) in [5.41, 5.74) is 7.56. The summed E-state index contributed by atoms with van der Waals surface area (Å²) in [5, 5.41) is 7.43. The molecule has 188 valence electrons. The van der Waals surface area contributed by atoms with Crippen molar-refractivity contribution in [1.82, 2.24) is 19.3 Å². The van der Waals surface area contributed by atoms with Crippen molar-refractivity contribution in [2.75, 3.05) is 6.61 Å². The van der Waals surface area contributed by atoms with E-state index in [-0.39, 0.29) is 29.5 Å². The summed E-state index contributed by atoms with van der Waals surface area (Å²) in [5.74, 6) is -0.286.